The molecule has 2 rings (SSSR count). The van der Waals surface area contributed by atoms with Crippen molar-refractivity contribution in [1.29, 1.82) is 0 Å². The number of benzene rings is 1. The maximum Gasteiger partial charge on any atom is 0.207 e. The second-order valence-corrected chi connectivity index (χ2v) is 4.68. The minimum Gasteiger partial charge on any atom is -0.382 e. The first kappa shape index (κ1) is 14.8. The van der Waals surface area contributed by atoms with Crippen LogP contribution in [0.3, 0.4) is 0 Å². The van der Waals surface area contributed by atoms with Crippen LogP contribution < -0.4 is 5.32 Å². The molecule has 0 fully saturated rings. The molecule has 0 amide bonds. The summed E-state index contributed by atoms with van der Waals surface area (Å²) in [6, 6.07) is 4.37. The Morgan fingerprint density at radius 2 is 2.30 bits per heavy atom. The molecule has 0 unspecified atom stereocenters. The Bertz CT molecular complexity index is 559. The van der Waals surface area contributed by atoms with Gasteiger partial charge in [-0.1, -0.05) is 11.6 Å². The summed E-state index contributed by atoms with van der Waals surface area (Å²) in [5.74, 6) is 0.223. The van der Waals surface area contributed by atoms with Gasteiger partial charge >= 0.3 is 0 Å². The van der Waals surface area contributed by atoms with Crippen molar-refractivity contribution in [2.75, 3.05) is 18.5 Å². The number of rotatable bonds is 7. The zero-order valence-corrected chi connectivity index (χ0v) is 12.0. The summed E-state index contributed by atoms with van der Waals surface area (Å²) in [5, 5.41) is 3.43. The van der Waals surface area contributed by atoms with E-state index in [4.69, 9.17) is 16.3 Å². The Morgan fingerprint density at radius 3 is 3.10 bits per heavy atom. The largest absolute Gasteiger partial charge is 0.382 e. The maximum absolute atomic E-state index is 13.7. The zero-order chi connectivity index (χ0) is 14.4. The van der Waals surface area contributed by atoms with Gasteiger partial charge < -0.3 is 14.6 Å². The Kier molecular flexibility index (Phi) is 5.38. The molecule has 0 spiro atoms. The average Bonchev–Trinajstić information content (AvgIpc) is 2.86. The summed E-state index contributed by atoms with van der Waals surface area (Å²) < 4.78 is 20.9. The highest BCUT2D eigenvalue weighted by atomic mass is 35.5. The van der Waals surface area contributed by atoms with E-state index in [-0.39, 0.29) is 5.82 Å². The van der Waals surface area contributed by atoms with E-state index < -0.39 is 0 Å². The molecule has 1 heterocycles. The quantitative estimate of drug-likeness (QED) is 0.789. The minimum atomic E-state index is -0.363. The van der Waals surface area contributed by atoms with Gasteiger partial charge in [0.2, 0.25) is 5.95 Å². The standard InChI is InChI=1S/C14H17ClFN3O/c1-2-20-9-3-7-19-8-6-17-14(19)18-13-10-11(15)4-5-12(13)16/h4-6,8,10H,2-3,7,9H2,1H3,(H,17,18). The van der Waals surface area contributed by atoms with Crippen LogP contribution >= 0.6 is 11.6 Å². The third-order valence-electron chi connectivity index (χ3n) is 2.78. The van der Waals surface area contributed by atoms with Crippen LogP contribution in [-0.2, 0) is 11.3 Å². The first-order valence-electron chi connectivity index (χ1n) is 6.51. The minimum absolute atomic E-state index is 0.315. The molecular weight excluding hydrogens is 281 g/mol. The lowest BCUT2D eigenvalue weighted by Crippen LogP contribution is -2.06. The molecule has 1 aromatic heterocycles. The number of hydrogen-bond acceptors (Lipinski definition) is 3. The van der Waals surface area contributed by atoms with Crippen molar-refractivity contribution < 1.29 is 9.13 Å². The zero-order valence-electron chi connectivity index (χ0n) is 11.3. The van der Waals surface area contributed by atoms with Crippen molar-refractivity contribution >= 4 is 23.2 Å². The molecule has 0 aliphatic rings. The molecule has 4 nitrogen and oxygen atoms in total. The van der Waals surface area contributed by atoms with Gasteiger partial charge in [0.05, 0.1) is 5.69 Å². The van der Waals surface area contributed by atoms with E-state index >= 15 is 0 Å². The van der Waals surface area contributed by atoms with E-state index in [0.717, 1.165) is 13.0 Å². The lowest BCUT2D eigenvalue weighted by Gasteiger charge is -2.10. The Morgan fingerprint density at radius 1 is 1.45 bits per heavy atom. The topological polar surface area (TPSA) is 39.1 Å². The summed E-state index contributed by atoms with van der Waals surface area (Å²) in [6.07, 6.45) is 4.39. The molecule has 6 heteroatoms. The number of nitrogens with zero attached hydrogens (tertiary/aromatic N) is 2. The number of aromatic nitrogens is 2. The highest BCUT2D eigenvalue weighted by molar-refractivity contribution is 6.30. The highest BCUT2D eigenvalue weighted by Gasteiger charge is 2.07. The van der Waals surface area contributed by atoms with Crippen LogP contribution in [0.5, 0.6) is 0 Å². The molecular formula is C14H17ClFN3O. The van der Waals surface area contributed by atoms with Gasteiger partial charge in [0, 0.05) is 37.2 Å². The van der Waals surface area contributed by atoms with Crippen LogP contribution in [0.1, 0.15) is 13.3 Å². The van der Waals surface area contributed by atoms with E-state index in [0.29, 0.717) is 29.9 Å². The molecule has 2 aromatic rings. The maximum atomic E-state index is 13.7. The average molecular weight is 298 g/mol. The number of halogens is 2. The van der Waals surface area contributed by atoms with Crippen LogP contribution in [0, 0.1) is 5.82 Å². The number of imidazole rings is 1. The van der Waals surface area contributed by atoms with Gasteiger partial charge in [-0.3, -0.25) is 0 Å². The van der Waals surface area contributed by atoms with Gasteiger partial charge in [-0.15, -0.1) is 0 Å². The first-order valence-corrected chi connectivity index (χ1v) is 6.89. The van der Waals surface area contributed by atoms with E-state index in [1.165, 1.54) is 18.2 Å². The fraction of sp³-hybridized carbons (Fsp3) is 0.357. The smallest absolute Gasteiger partial charge is 0.207 e. The van der Waals surface area contributed by atoms with Gasteiger partial charge in [-0.25, -0.2) is 9.37 Å². The Balaban J connectivity index is 2.02. The number of nitrogens with one attached hydrogen (secondary N) is 1. The predicted molar refractivity (Wildman–Crippen MR) is 78.0 cm³/mol. The lowest BCUT2D eigenvalue weighted by molar-refractivity contribution is 0.142. The number of ether oxygens (including phenoxy) is 1. The third kappa shape index (κ3) is 3.95. The fourth-order valence-electron chi connectivity index (χ4n) is 1.81. The van der Waals surface area contributed by atoms with Gasteiger partial charge in [0.25, 0.3) is 0 Å². The summed E-state index contributed by atoms with van der Waals surface area (Å²) in [6.45, 7) is 4.12. The van der Waals surface area contributed by atoms with E-state index in [9.17, 15) is 4.39 Å². The molecule has 20 heavy (non-hydrogen) atoms. The van der Waals surface area contributed by atoms with Crippen LogP contribution in [0.4, 0.5) is 16.0 Å². The van der Waals surface area contributed by atoms with Crippen molar-refractivity contribution in [2.45, 2.75) is 19.9 Å². The summed E-state index contributed by atoms with van der Waals surface area (Å²) in [4.78, 5) is 4.18. The Hall–Kier alpha value is -1.59. The predicted octanol–water partition coefficient (Wildman–Crippen LogP) is 3.85. The molecule has 108 valence electrons. The van der Waals surface area contributed by atoms with Crippen LogP contribution in [0.15, 0.2) is 30.6 Å². The summed E-state index contributed by atoms with van der Waals surface area (Å²) >= 11 is 5.86. The molecule has 1 aromatic carbocycles. The highest BCUT2D eigenvalue weighted by Crippen LogP contribution is 2.22. The molecule has 0 atom stereocenters. The molecule has 1 N–H and O–H groups in total. The molecule has 0 saturated heterocycles. The van der Waals surface area contributed by atoms with Crippen molar-refractivity contribution in [1.82, 2.24) is 9.55 Å². The second kappa shape index (κ2) is 7.26. The van der Waals surface area contributed by atoms with Crippen molar-refractivity contribution in [2.24, 2.45) is 0 Å². The second-order valence-electron chi connectivity index (χ2n) is 4.24. The van der Waals surface area contributed by atoms with Crippen LogP contribution in [-0.4, -0.2) is 22.8 Å². The number of aryl methyl sites for hydroxylation is 1. The van der Waals surface area contributed by atoms with Crippen molar-refractivity contribution in [3.63, 3.8) is 0 Å². The summed E-state index contributed by atoms with van der Waals surface area (Å²) in [5.41, 5.74) is 0.315. The summed E-state index contributed by atoms with van der Waals surface area (Å²) in [7, 11) is 0. The van der Waals surface area contributed by atoms with Crippen LogP contribution in [0.25, 0.3) is 0 Å². The first-order chi connectivity index (χ1) is 9.70. The molecule has 0 aliphatic carbocycles. The molecule has 0 bridgehead atoms. The molecule has 0 radical (unpaired) electrons. The van der Waals surface area contributed by atoms with Gasteiger partial charge in [-0.05, 0) is 31.5 Å². The number of hydrogen-bond donors (Lipinski definition) is 1. The van der Waals surface area contributed by atoms with Gasteiger partial charge in [0.1, 0.15) is 5.82 Å². The molecule has 0 saturated carbocycles. The lowest BCUT2D eigenvalue weighted by atomic mass is 10.3. The third-order valence-corrected chi connectivity index (χ3v) is 3.02. The molecule has 0 aliphatic heterocycles. The van der Waals surface area contributed by atoms with Crippen molar-refractivity contribution in [3.05, 3.63) is 41.4 Å². The van der Waals surface area contributed by atoms with Gasteiger partial charge in [0.15, 0.2) is 0 Å². The Labute approximate surface area is 122 Å². The SMILES string of the molecule is CCOCCCn1ccnc1Nc1cc(Cl)ccc1F. The van der Waals surface area contributed by atoms with Crippen LogP contribution in [0.2, 0.25) is 5.02 Å². The monoisotopic (exact) mass is 297 g/mol. The van der Waals surface area contributed by atoms with Crippen molar-refractivity contribution in [3.8, 4) is 0 Å². The van der Waals surface area contributed by atoms with E-state index in [1.807, 2.05) is 17.7 Å². The van der Waals surface area contributed by atoms with Gasteiger partial charge in [-0.2, -0.15) is 0 Å². The van der Waals surface area contributed by atoms with E-state index in [2.05, 4.69) is 10.3 Å². The number of anilines is 2. The van der Waals surface area contributed by atoms with E-state index in [1.54, 1.807) is 6.20 Å². The normalized spacial score (nSPS) is 10.8. The fourth-order valence-corrected chi connectivity index (χ4v) is 1.98.